The van der Waals surface area contributed by atoms with Gasteiger partial charge in [-0.1, -0.05) is 19.1 Å². The second-order valence-corrected chi connectivity index (χ2v) is 5.29. The molecular formula is C15H24N2O. The summed E-state index contributed by atoms with van der Waals surface area (Å²) in [6.07, 6.45) is 0. The first kappa shape index (κ1) is 13.4. The van der Waals surface area contributed by atoms with E-state index in [0.29, 0.717) is 5.75 Å². The highest BCUT2D eigenvalue weighted by Gasteiger charge is 2.16. The second-order valence-electron chi connectivity index (χ2n) is 5.29. The number of likely N-dealkylation sites (N-methyl/N-ethyl adjacent to an activating group) is 1. The van der Waals surface area contributed by atoms with Crippen LogP contribution in [0.15, 0.2) is 12.1 Å². The van der Waals surface area contributed by atoms with Crippen molar-refractivity contribution in [3.05, 3.63) is 28.8 Å². The Morgan fingerprint density at radius 1 is 1.00 bits per heavy atom. The summed E-state index contributed by atoms with van der Waals surface area (Å²) in [4.78, 5) is 4.99. The number of hydrogen-bond donors (Lipinski definition) is 1. The van der Waals surface area contributed by atoms with Gasteiger partial charge >= 0.3 is 0 Å². The molecule has 0 atom stereocenters. The number of rotatable bonds is 3. The molecule has 0 radical (unpaired) electrons. The van der Waals surface area contributed by atoms with Gasteiger partial charge in [0.2, 0.25) is 0 Å². The standard InChI is InChI=1S/C15H24N2O/c1-4-16-5-7-17(8-6-16)11-14-9-12(2)15(18)13(3)10-14/h9-10,18H,4-8,11H2,1-3H3. The van der Waals surface area contributed by atoms with E-state index < -0.39 is 0 Å². The molecule has 3 nitrogen and oxygen atoms in total. The molecule has 1 saturated heterocycles. The van der Waals surface area contributed by atoms with Crippen molar-refractivity contribution in [2.75, 3.05) is 32.7 Å². The molecule has 0 spiro atoms. The molecule has 1 fully saturated rings. The van der Waals surface area contributed by atoms with E-state index >= 15 is 0 Å². The number of hydrogen-bond acceptors (Lipinski definition) is 3. The van der Waals surface area contributed by atoms with Gasteiger partial charge in [-0.3, -0.25) is 4.90 Å². The summed E-state index contributed by atoms with van der Waals surface area (Å²) in [5.74, 6) is 0.439. The number of aromatic hydroxyl groups is 1. The van der Waals surface area contributed by atoms with Crippen LogP contribution in [-0.4, -0.2) is 47.6 Å². The molecule has 2 rings (SSSR count). The molecule has 1 aliphatic rings. The lowest BCUT2D eigenvalue weighted by atomic mass is 10.1. The first-order valence-corrected chi connectivity index (χ1v) is 6.84. The van der Waals surface area contributed by atoms with Gasteiger partial charge in [0.25, 0.3) is 0 Å². The highest BCUT2D eigenvalue weighted by molar-refractivity contribution is 5.42. The quantitative estimate of drug-likeness (QED) is 0.888. The molecule has 0 aliphatic carbocycles. The van der Waals surface area contributed by atoms with Crippen molar-refractivity contribution in [2.24, 2.45) is 0 Å². The lowest BCUT2D eigenvalue weighted by Gasteiger charge is -2.34. The molecule has 18 heavy (non-hydrogen) atoms. The summed E-state index contributed by atoms with van der Waals surface area (Å²) in [5.41, 5.74) is 3.28. The zero-order valence-electron chi connectivity index (χ0n) is 11.7. The van der Waals surface area contributed by atoms with Gasteiger partial charge in [-0.05, 0) is 37.1 Å². The smallest absolute Gasteiger partial charge is 0.121 e. The third-order valence-corrected chi connectivity index (χ3v) is 3.87. The number of phenolic OH excluding ortho intramolecular Hbond substituents is 1. The number of piperazine rings is 1. The average Bonchev–Trinajstić information content (AvgIpc) is 2.37. The van der Waals surface area contributed by atoms with Crippen molar-refractivity contribution in [1.82, 2.24) is 9.80 Å². The van der Waals surface area contributed by atoms with E-state index in [9.17, 15) is 5.11 Å². The van der Waals surface area contributed by atoms with E-state index in [1.54, 1.807) is 0 Å². The lowest BCUT2D eigenvalue weighted by Crippen LogP contribution is -2.45. The Morgan fingerprint density at radius 3 is 2.00 bits per heavy atom. The van der Waals surface area contributed by atoms with Gasteiger partial charge in [-0.25, -0.2) is 0 Å². The molecule has 0 bridgehead atoms. The van der Waals surface area contributed by atoms with Crippen molar-refractivity contribution >= 4 is 0 Å². The number of aryl methyl sites for hydroxylation is 2. The third kappa shape index (κ3) is 3.03. The molecule has 1 N–H and O–H groups in total. The Morgan fingerprint density at radius 2 is 1.50 bits per heavy atom. The van der Waals surface area contributed by atoms with Crippen LogP contribution in [0.5, 0.6) is 5.75 Å². The predicted octanol–water partition coefficient (Wildman–Crippen LogP) is 2.15. The minimum atomic E-state index is 0.439. The highest BCUT2D eigenvalue weighted by Crippen LogP contribution is 2.23. The predicted molar refractivity (Wildman–Crippen MR) is 75.0 cm³/mol. The molecule has 1 aromatic carbocycles. The Bertz CT molecular complexity index is 386. The van der Waals surface area contributed by atoms with Gasteiger partial charge in [0, 0.05) is 32.7 Å². The maximum atomic E-state index is 9.78. The van der Waals surface area contributed by atoms with Gasteiger partial charge in [0.15, 0.2) is 0 Å². The van der Waals surface area contributed by atoms with Crippen molar-refractivity contribution in [3.63, 3.8) is 0 Å². The Labute approximate surface area is 110 Å². The topological polar surface area (TPSA) is 26.7 Å². The molecule has 0 amide bonds. The molecule has 0 unspecified atom stereocenters. The van der Waals surface area contributed by atoms with E-state index in [0.717, 1.165) is 37.3 Å². The van der Waals surface area contributed by atoms with Crippen LogP contribution in [-0.2, 0) is 6.54 Å². The molecular weight excluding hydrogens is 224 g/mol. The maximum absolute atomic E-state index is 9.78. The molecule has 0 aromatic heterocycles. The van der Waals surface area contributed by atoms with Gasteiger partial charge < -0.3 is 10.0 Å². The van der Waals surface area contributed by atoms with Crippen LogP contribution in [0.1, 0.15) is 23.6 Å². The fraction of sp³-hybridized carbons (Fsp3) is 0.600. The molecule has 1 heterocycles. The van der Waals surface area contributed by atoms with Crippen LogP contribution in [0.4, 0.5) is 0 Å². The van der Waals surface area contributed by atoms with Crippen LogP contribution in [0.2, 0.25) is 0 Å². The molecule has 3 heteroatoms. The maximum Gasteiger partial charge on any atom is 0.121 e. The van der Waals surface area contributed by atoms with Crippen LogP contribution in [0.3, 0.4) is 0 Å². The van der Waals surface area contributed by atoms with Gasteiger partial charge in [0.05, 0.1) is 0 Å². The summed E-state index contributed by atoms with van der Waals surface area (Å²) in [7, 11) is 0. The minimum absolute atomic E-state index is 0.439. The first-order chi connectivity index (χ1) is 8.60. The monoisotopic (exact) mass is 248 g/mol. The van der Waals surface area contributed by atoms with E-state index in [2.05, 4.69) is 28.9 Å². The second kappa shape index (κ2) is 5.72. The van der Waals surface area contributed by atoms with Crippen LogP contribution in [0, 0.1) is 13.8 Å². The summed E-state index contributed by atoms with van der Waals surface area (Å²) in [6, 6.07) is 4.21. The lowest BCUT2D eigenvalue weighted by molar-refractivity contribution is 0.132. The van der Waals surface area contributed by atoms with Crippen molar-refractivity contribution in [2.45, 2.75) is 27.3 Å². The van der Waals surface area contributed by atoms with Crippen LogP contribution >= 0.6 is 0 Å². The van der Waals surface area contributed by atoms with Crippen molar-refractivity contribution in [1.29, 1.82) is 0 Å². The van der Waals surface area contributed by atoms with Crippen molar-refractivity contribution < 1.29 is 5.11 Å². The fourth-order valence-corrected chi connectivity index (χ4v) is 2.66. The van der Waals surface area contributed by atoms with Gasteiger partial charge in [-0.15, -0.1) is 0 Å². The van der Waals surface area contributed by atoms with Gasteiger partial charge in [-0.2, -0.15) is 0 Å². The SMILES string of the molecule is CCN1CCN(Cc2cc(C)c(O)c(C)c2)CC1. The highest BCUT2D eigenvalue weighted by atomic mass is 16.3. The van der Waals surface area contributed by atoms with E-state index in [1.807, 2.05) is 13.8 Å². The number of nitrogens with zero attached hydrogens (tertiary/aromatic N) is 2. The Balaban J connectivity index is 1.98. The zero-order chi connectivity index (χ0) is 13.1. The molecule has 0 saturated carbocycles. The average molecular weight is 248 g/mol. The molecule has 1 aromatic rings. The normalized spacial score (nSPS) is 18.2. The van der Waals surface area contributed by atoms with E-state index in [-0.39, 0.29) is 0 Å². The Kier molecular flexibility index (Phi) is 4.25. The molecule has 100 valence electrons. The zero-order valence-corrected chi connectivity index (χ0v) is 11.7. The van der Waals surface area contributed by atoms with Crippen LogP contribution in [0.25, 0.3) is 0 Å². The largest absolute Gasteiger partial charge is 0.507 e. The van der Waals surface area contributed by atoms with Gasteiger partial charge in [0.1, 0.15) is 5.75 Å². The Hall–Kier alpha value is -1.06. The number of phenols is 1. The summed E-state index contributed by atoms with van der Waals surface area (Å²) >= 11 is 0. The molecule has 1 aliphatic heterocycles. The van der Waals surface area contributed by atoms with E-state index in [4.69, 9.17) is 0 Å². The summed E-state index contributed by atoms with van der Waals surface area (Å²) in [5, 5.41) is 9.78. The summed E-state index contributed by atoms with van der Waals surface area (Å²) < 4.78 is 0. The minimum Gasteiger partial charge on any atom is -0.507 e. The number of benzene rings is 1. The van der Waals surface area contributed by atoms with Crippen LogP contribution < -0.4 is 0 Å². The fourth-order valence-electron chi connectivity index (χ4n) is 2.66. The summed E-state index contributed by atoms with van der Waals surface area (Å²) in [6.45, 7) is 13.0. The van der Waals surface area contributed by atoms with Crippen molar-refractivity contribution in [3.8, 4) is 5.75 Å². The first-order valence-electron chi connectivity index (χ1n) is 6.84. The third-order valence-electron chi connectivity index (χ3n) is 3.87. The van der Waals surface area contributed by atoms with E-state index in [1.165, 1.54) is 18.7 Å².